The summed E-state index contributed by atoms with van der Waals surface area (Å²) in [4.78, 5) is 24.6. The number of nitro benzene ring substituents is 1. The number of nitro groups is 1. The number of anilines is 1. The minimum Gasteiger partial charge on any atom is -0.444 e. The van der Waals surface area contributed by atoms with Crippen molar-refractivity contribution >= 4 is 27.5 Å². The molecule has 1 aromatic rings. The normalized spacial score (nSPS) is 18.8. The molecular weight excluding hydrogens is 462 g/mol. The Morgan fingerprint density at radius 2 is 1.94 bits per heavy atom. The Kier molecular flexibility index (Phi) is 7.73. The molecule has 1 saturated heterocycles. The predicted molar refractivity (Wildman–Crippen MR) is 128 cm³/mol. The van der Waals surface area contributed by atoms with Gasteiger partial charge in [0.05, 0.1) is 9.82 Å². The van der Waals surface area contributed by atoms with Gasteiger partial charge in [-0.1, -0.05) is 0 Å². The van der Waals surface area contributed by atoms with Gasteiger partial charge in [-0.05, 0) is 83.0 Å². The molecule has 12 heteroatoms. The van der Waals surface area contributed by atoms with Crippen LogP contribution in [0.25, 0.3) is 0 Å². The second kappa shape index (κ2) is 10.0. The van der Waals surface area contributed by atoms with E-state index >= 15 is 0 Å². The second-order valence-electron chi connectivity index (χ2n) is 10.4. The number of carbonyl (C=O) groups is 1. The predicted octanol–water partition coefficient (Wildman–Crippen LogP) is 2.67. The van der Waals surface area contributed by atoms with Gasteiger partial charge in [0.15, 0.2) is 0 Å². The summed E-state index contributed by atoms with van der Waals surface area (Å²) >= 11 is 0. The third-order valence-corrected chi connectivity index (χ3v) is 7.44. The van der Waals surface area contributed by atoms with Crippen LogP contribution in [0.15, 0.2) is 23.1 Å². The Balaban J connectivity index is 1.40. The van der Waals surface area contributed by atoms with E-state index < -0.39 is 26.6 Å². The molecule has 1 aliphatic heterocycles. The molecule has 1 saturated carbocycles. The molecule has 1 amide bonds. The van der Waals surface area contributed by atoms with Gasteiger partial charge in [0, 0.05) is 25.7 Å². The lowest BCUT2D eigenvalue weighted by Gasteiger charge is -2.52. The van der Waals surface area contributed by atoms with Gasteiger partial charge in [0.2, 0.25) is 10.0 Å². The van der Waals surface area contributed by atoms with Crippen LogP contribution >= 0.6 is 0 Å². The first kappa shape index (κ1) is 26.2. The van der Waals surface area contributed by atoms with E-state index in [0.29, 0.717) is 30.1 Å². The third kappa shape index (κ3) is 7.03. The van der Waals surface area contributed by atoms with E-state index in [1.807, 2.05) is 20.8 Å². The lowest BCUT2D eigenvalue weighted by Crippen LogP contribution is -2.49. The molecule has 0 unspecified atom stereocenters. The van der Waals surface area contributed by atoms with E-state index in [1.54, 1.807) is 0 Å². The van der Waals surface area contributed by atoms with Crippen molar-refractivity contribution in [2.75, 3.05) is 38.0 Å². The smallest absolute Gasteiger partial charge is 0.407 e. The number of piperidine rings is 1. The molecule has 3 rings (SSSR count). The molecule has 1 aliphatic carbocycles. The summed E-state index contributed by atoms with van der Waals surface area (Å²) < 4.78 is 28.2. The van der Waals surface area contributed by atoms with Crippen molar-refractivity contribution in [3.05, 3.63) is 28.3 Å². The number of primary sulfonamides is 1. The fraction of sp³-hybridized carbons (Fsp3) is 0.682. The van der Waals surface area contributed by atoms with Gasteiger partial charge in [-0.15, -0.1) is 0 Å². The molecule has 1 aromatic carbocycles. The Bertz CT molecular complexity index is 1010. The summed E-state index contributed by atoms with van der Waals surface area (Å²) in [5, 5.41) is 22.4. The monoisotopic (exact) mass is 497 g/mol. The van der Waals surface area contributed by atoms with E-state index in [-0.39, 0.29) is 10.6 Å². The van der Waals surface area contributed by atoms with E-state index in [0.717, 1.165) is 51.4 Å². The Morgan fingerprint density at radius 3 is 2.50 bits per heavy atom. The molecule has 0 aromatic heterocycles. The average Bonchev–Trinajstić information content (AvgIpc) is 2.69. The largest absolute Gasteiger partial charge is 0.444 e. The first-order valence-corrected chi connectivity index (χ1v) is 13.1. The SMILES string of the molecule is CC(C)(C)OC(=O)NCCN1CCC2(CC1)CC(CNc1ccc(S(N)(=O)=O)cc1[N+](=O)[O-])C2. The zero-order valence-electron chi connectivity index (χ0n) is 20.0. The Morgan fingerprint density at radius 1 is 1.29 bits per heavy atom. The zero-order chi connectivity index (χ0) is 25.1. The quantitative estimate of drug-likeness (QED) is 0.365. The highest BCUT2D eigenvalue weighted by Gasteiger charge is 2.45. The van der Waals surface area contributed by atoms with Crippen LogP contribution < -0.4 is 15.8 Å². The minimum atomic E-state index is -4.00. The molecule has 4 N–H and O–H groups in total. The van der Waals surface area contributed by atoms with Crippen LogP contribution in [0.1, 0.15) is 46.5 Å². The van der Waals surface area contributed by atoms with Crippen LogP contribution in [0, 0.1) is 21.4 Å². The maximum absolute atomic E-state index is 11.8. The van der Waals surface area contributed by atoms with Crippen molar-refractivity contribution in [3.8, 4) is 0 Å². The highest BCUT2D eigenvalue weighted by molar-refractivity contribution is 7.89. The topological polar surface area (TPSA) is 157 Å². The van der Waals surface area contributed by atoms with E-state index in [2.05, 4.69) is 15.5 Å². The minimum absolute atomic E-state index is 0.277. The molecule has 2 aliphatic rings. The van der Waals surface area contributed by atoms with Gasteiger partial charge < -0.3 is 20.3 Å². The first-order chi connectivity index (χ1) is 15.8. The van der Waals surface area contributed by atoms with Crippen molar-refractivity contribution in [1.29, 1.82) is 0 Å². The highest BCUT2D eigenvalue weighted by atomic mass is 32.2. The summed E-state index contributed by atoms with van der Waals surface area (Å²) in [6.45, 7) is 9.42. The van der Waals surface area contributed by atoms with Crippen molar-refractivity contribution < 1.29 is 22.9 Å². The number of amides is 1. The van der Waals surface area contributed by atoms with Gasteiger partial charge in [0.25, 0.3) is 5.69 Å². The average molecular weight is 498 g/mol. The number of carbonyl (C=O) groups excluding carboxylic acids is 1. The number of rotatable bonds is 8. The van der Waals surface area contributed by atoms with Crippen LogP contribution in [0.3, 0.4) is 0 Å². The maximum atomic E-state index is 11.8. The third-order valence-electron chi connectivity index (χ3n) is 6.53. The second-order valence-corrected chi connectivity index (χ2v) is 12.0. The van der Waals surface area contributed by atoms with E-state index in [9.17, 15) is 23.3 Å². The molecule has 190 valence electrons. The fourth-order valence-corrected chi connectivity index (χ4v) is 5.38. The van der Waals surface area contributed by atoms with Gasteiger partial charge in [0.1, 0.15) is 11.3 Å². The van der Waals surface area contributed by atoms with Gasteiger partial charge >= 0.3 is 6.09 Å². The Hall–Kier alpha value is -2.44. The first-order valence-electron chi connectivity index (χ1n) is 11.5. The number of likely N-dealkylation sites (tertiary alicyclic amines) is 1. The number of nitrogens with two attached hydrogens (primary N) is 1. The van der Waals surface area contributed by atoms with Crippen LogP contribution in [0.2, 0.25) is 0 Å². The number of benzene rings is 1. The molecule has 0 bridgehead atoms. The lowest BCUT2D eigenvalue weighted by molar-refractivity contribution is -0.384. The summed E-state index contributed by atoms with van der Waals surface area (Å²) in [5.41, 5.74) is -0.179. The number of nitrogens with zero attached hydrogens (tertiary/aromatic N) is 2. The van der Waals surface area contributed by atoms with Gasteiger partial charge in [-0.3, -0.25) is 10.1 Å². The van der Waals surface area contributed by atoms with Crippen molar-refractivity contribution in [2.24, 2.45) is 16.5 Å². The summed E-state index contributed by atoms with van der Waals surface area (Å²) in [6.07, 6.45) is 3.92. The lowest BCUT2D eigenvalue weighted by atomic mass is 9.57. The Labute approximate surface area is 200 Å². The number of hydrogen-bond donors (Lipinski definition) is 3. The van der Waals surface area contributed by atoms with Gasteiger partial charge in [-0.2, -0.15) is 0 Å². The van der Waals surface area contributed by atoms with Crippen LogP contribution in [-0.2, 0) is 14.8 Å². The molecule has 11 nitrogen and oxygen atoms in total. The number of hydrogen-bond acceptors (Lipinski definition) is 8. The summed E-state index contributed by atoms with van der Waals surface area (Å²) in [7, 11) is -4.00. The number of ether oxygens (including phenoxy) is 1. The molecule has 34 heavy (non-hydrogen) atoms. The maximum Gasteiger partial charge on any atom is 0.407 e. The molecule has 0 radical (unpaired) electrons. The highest BCUT2D eigenvalue weighted by Crippen LogP contribution is 2.52. The molecule has 0 atom stereocenters. The van der Waals surface area contributed by atoms with Crippen molar-refractivity contribution in [1.82, 2.24) is 10.2 Å². The summed E-state index contributed by atoms with van der Waals surface area (Å²) in [5.74, 6) is 0.415. The van der Waals surface area contributed by atoms with Crippen LogP contribution in [-0.4, -0.2) is 62.7 Å². The molecular formula is C22H35N5O6S. The van der Waals surface area contributed by atoms with E-state index in [1.165, 1.54) is 12.1 Å². The molecule has 1 spiro atoms. The van der Waals surface area contributed by atoms with Crippen LogP contribution in [0.5, 0.6) is 0 Å². The fourth-order valence-electron chi connectivity index (χ4n) is 4.84. The van der Waals surface area contributed by atoms with Crippen molar-refractivity contribution in [2.45, 2.75) is 57.0 Å². The number of sulfonamides is 1. The number of alkyl carbamates (subject to hydrolysis) is 1. The zero-order valence-corrected chi connectivity index (χ0v) is 20.8. The van der Waals surface area contributed by atoms with Gasteiger partial charge in [-0.25, -0.2) is 18.4 Å². The summed E-state index contributed by atoms with van der Waals surface area (Å²) in [6, 6.07) is 3.67. The molecule has 1 heterocycles. The van der Waals surface area contributed by atoms with E-state index in [4.69, 9.17) is 9.88 Å². The standard InChI is InChI=1S/C22H35N5O6S/c1-21(2,3)33-20(28)24-8-11-26-9-6-22(7-10-26)13-16(14-22)15-25-18-5-4-17(34(23,31)32)12-19(18)27(29)30/h4-5,12,16,25H,6-11,13-15H2,1-3H3,(H,24,28)(H2,23,31,32). The number of nitrogens with one attached hydrogen (secondary N) is 2. The van der Waals surface area contributed by atoms with Crippen molar-refractivity contribution in [3.63, 3.8) is 0 Å². The van der Waals surface area contributed by atoms with Crippen LogP contribution in [0.4, 0.5) is 16.2 Å². The molecule has 2 fully saturated rings.